The summed E-state index contributed by atoms with van der Waals surface area (Å²) in [6.07, 6.45) is 34.8. The molecule has 44 heavy (non-hydrogen) atoms. The molecule has 1 unspecified atom stereocenters. The van der Waals surface area contributed by atoms with Crippen molar-refractivity contribution in [2.45, 2.75) is 161 Å². The van der Waals surface area contributed by atoms with Crippen LogP contribution in [0.1, 0.15) is 149 Å². The molecule has 0 radical (unpaired) electrons. The minimum atomic E-state index is -1.04. The molecule has 2 N–H and O–H groups in total. The van der Waals surface area contributed by atoms with Crippen LogP contribution < -0.4 is 0 Å². The minimum absolute atomic E-state index is 0.156. The fraction of sp³-hybridized carbons (Fsp3) is 0.737. The van der Waals surface area contributed by atoms with Crippen LogP contribution >= 0.6 is 0 Å². The van der Waals surface area contributed by atoms with E-state index < -0.39 is 18.2 Å². The molecule has 0 saturated heterocycles. The molecule has 0 aromatic carbocycles. The van der Waals surface area contributed by atoms with Crippen LogP contribution in [0.3, 0.4) is 0 Å². The lowest BCUT2D eigenvalue weighted by atomic mass is 9.99. The number of rotatable bonds is 30. The van der Waals surface area contributed by atoms with E-state index in [1.54, 1.807) is 6.08 Å². The van der Waals surface area contributed by atoms with Gasteiger partial charge in [0, 0.05) is 12.8 Å². The molecule has 0 spiro atoms. The Hall–Kier alpha value is -2.18. The van der Waals surface area contributed by atoms with Crippen molar-refractivity contribution < 1.29 is 29.3 Å². The quantitative estimate of drug-likeness (QED) is 0.0360. The Bertz CT molecular complexity index is 784. The number of allylic oxidation sites excluding steroid dienone is 7. The van der Waals surface area contributed by atoms with Gasteiger partial charge in [0.2, 0.25) is 0 Å². The van der Waals surface area contributed by atoms with E-state index in [2.05, 4.69) is 45.1 Å². The van der Waals surface area contributed by atoms with E-state index >= 15 is 0 Å². The summed E-state index contributed by atoms with van der Waals surface area (Å²) in [6, 6.07) is 0. The van der Waals surface area contributed by atoms with Gasteiger partial charge in [0.1, 0.15) is 19.3 Å². The molecule has 0 aromatic rings. The second kappa shape index (κ2) is 32.2. The zero-order chi connectivity index (χ0) is 32.5. The molecule has 6 nitrogen and oxygen atoms in total. The van der Waals surface area contributed by atoms with Gasteiger partial charge in [0.25, 0.3) is 0 Å². The number of hydrogen-bond donors (Lipinski definition) is 2. The normalized spacial score (nSPS) is 14.2. The fourth-order valence-electron chi connectivity index (χ4n) is 4.57. The Kier molecular flexibility index (Phi) is 30.6. The Balaban J connectivity index is 3.69. The molecule has 0 aliphatic heterocycles. The van der Waals surface area contributed by atoms with Gasteiger partial charge in [-0.1, -0.05) is 140 Å². The van der Waals surface area contributed by atoms with Gasteiger partial charge in [-0.05, 0) is 50.9 Å². The highest BCUT2D eigenvalue weighted by molar-refractivity contribution is 5.69. The van der Waals surface area contributed by atoms with Crippen LogP contribution in [0.2, 0.25) is 0 Å². The average molecular weight is 619 g/mol. The predicted octanol–water partition coefficient (Wildman–Crippen LogP) is 9.50. The third-order valence-corrected chi connectivity index (χ3v) is 7.71. The Morgan fingerprint density at radius 3 is 1.84 bits per heavy atom. The third-order valence-electron chi connectivity index (χ3n) is 7.71. The minimum Gasteiger partial charge on any atom is -0.463 e. The topological polar surface area (TPSA) is 93.1 Å². The number of ether oxygens (including phenoxy) is 2. The number of carbonyl (C=O) groups is 2. The largest absolute Gasteiger partial charge is 0.463 e. The van der Waals surface area contributed by atoms with Crippen molar-refractivity contribution in [3.63, 3.8) is 0 Å². The molecule has 6 heteroatoms. The maximum absolute atomic E-state index is 11.9. The number of carbonyl (C=O) groups excluding carboxylic acids is 2. The van der Waals surface area contributed by atoms with Crippen LogP contribution in [0.15, 0.2) is 48.6 Å². The molecular formula is C38H66O6. The summed E-state index contributed by atoms with van der Waals surface area (Å²) >= 11 is 0. The first-order valence-corrected chi connectivity index (χ1v) is 17.7. The molecule has 0 rings (SSSR count). The smallest absolute Gasteiger partial charge is 0.305 e. The van der Waals surface area contributed by atoms with Gasteiger partial charge in [-0.3, -0.25) is 9.59 Å². The summed E-state index contributed by atoms with van der Waals surface area (Å²) in [5.74, 6) is 0.0817. The predicted molar refractivity (Wildman–Crippen MR) is 183 cm³/mol. The molecule has 3 atom stereocenters. The first-order valence-electron chi connectivity index (χ1n) is 17.7. The molecule has 0 aromatic heterocycles. The molecule has 0 heterocycles. The monoisotopic (exact) mass is 618 g/mol. The van der Waals surface area contributed by atoms with Crippen molar-refractivity contribution in [2.75, 3.05) is 13.2 Å². The van der Waals surface area contributed by atoms with Crippen molar-refractivity contribution in [1.29, 1.82) is 0 Å². The van der Waals surface area contributed by atoms with Gasteiger partial charge in [0.05, 0.1) is 6.10 Å². The van der Waals surface area contributed by atoms with Gasteiger partial charge >= 0.3 is 11.9 Å². The lowest BCUT2D eigenvalue weighted by Crippen LogP contribution is -2.25. The van der Waals surface area contributed by atoms with E-state index in [9.17, 15) is 19.8 Å². The highest BCUT2D eigenvalue weighted by Crippen LogP contribution is 2.15. The maximum atomic E-state index is 11.9. The second-order valence-electron chi connectivity index (χ2n) is 12.1. The highest BCUT2D eigenvalue weighted by atomic mass is 16.6. The summed E-state index contributed by atoms with van der Waals surface area (Å²) in [5.41, 5.74) is 0. The molecule has 0 saturated carbocycles. The standard InChI is InChI=1S/C38H66O6/c1-4-6-7-8-9-10-11-12-13-14-18-21-24-28-35(39)29-26-31-38(42)44-33-36(40)32-43-37(41)30-25-22-19-16-15-17-20-23-27-34(3)5-2/h9-10,12-13,18,21,24,28,34-36,39-40H,4-8,11,14-17,19-20,22-23,25-27,29-33H2,1-3H3/b10-9-,13-12-,21-18-,28-24+/t34?,35-,36+/m1/s1. The van der Waals surface area contributed by atoms with E-state index in [4.69, 9.17) is 9.47 Å². The van der Waals surface area contributed by atoms with E-state index in [1.165, 1.54) is 64.2 Å². The summed E-state index contributed by atoms with van der Waals surface area (Å²) in [5, 5.41) is 20.0. The van der Waals surface area contributed by atoms with Gasteiger partial charge in [-0.15, -0.1) is 0 Å². The van der Waals surface area contributed by atoms with E-state index in [0.717, 1.165) is 44.4 Å². The van der Waals surface area contributed by atoms with Crippen LogP contribution in [0.25, 0.3) is 0 Å². The van der Waals surface area contributed by atoms with Gasteiger partial charge < -0.3 is 19.7 Å². The van der Waals surface area contributed by atoms with Crippen molar-refractivity contribution in [2.24, 2.45) is 5.92 Å². The Morgan fingerprint density at radius 1 is 0.636 bits per heavy atom. The molecular weight excluding hydrogens is 552 g/mol. The number of aliphatic hydroxyl groups is 2. The van der Waals surface area contributed by atoms with Crippen molar-refractivity contribution >= 4 is 11.9 Å². The van der Waals surface area contributed by atoms with E-state index in [-0.39, 0.29) is 25.6 Å². The zero-order valence-electron chi connectivity index (χ0n) is 28.4. The summed E-state index contributed by atoms with van der Waals surface area (Å²) in [4.78, 5) is 23.8. The number of unbranched alkanes of at least 4 members (excludes halogenated alkanes) is 10. The summed E-state index contributed by atoms with van der Waals surface area (Å²) < 4.78 is 10.2. The van der Waals surface area contributed by atoms with Crippen LogP contribution in [0, 0.1) is 5.92 Å². The third kappa shape index (κ3) is 31.3. The average Bonchev–Trinajstić information content (AvgIpc) is 3.01. The van der Waals surface area contributed by atoms with E-state index in [0.29, 0.717) is 19.3 Å². The SMILES string of the molecule is CCCCC/C=C\C/C=C\C/C=C\C=C\[C@@H](O)CCCC(=O)OC[C@@H](O)COC(=O)CCCCCCCCCCC(C)CC. The lowest BCUT2D eigenvalue weighted by Gasteiger charge is -2.12. The van der Waals surface area contributed by atoms with Gasteiger partial charge in [0.15, 0.2) is 0 Å². The van der Waals surface area contributed by atoms with Gasteiger partial charge in [-0.25, -0.2) is 0 Å². The van der Waals surface area contributed by atoms with Crippen molar-refractivity contribution in [3.8, 4) is 0 Å². The summed E-state index contributed by atoms with van der Waals surface area (Å²) in [7, 11) is 0. The van der Waals surface area contributed by atoms with Crippen LogP contribution in [0.5, 0.6) is 0 Å². The molecule has 0 aliphatic rings. The van der Waals surface area contributed by atoms with Crippen LogP contribution in [0.4, 0.5) is 0 Å². The Labute approximate surface area is 270 Å². The number of aliphatic hydroxyl groups excluding tert-OH is 2. The molecule has 0 aliphatic carbocycles. The van der Waals surface area contributed by atoms with E-state index in [1.807, 2.05) is 18.2 Å². The molecule has 0 fully saturated rings. The molecule has 254 valence electrons. The Morgan fingerprint density at radius 2 is 1.20 bits per heavy atom. The van der Waals surface area contributed by atoms with Crippen LogP contribution in [-0.2, 0) is 19.1 Å². The summed E-state index contributed by atoms with van der Waals surface area (Å²) in [6.45, 7) is 6.42. The highest BCUT2D eigenvalue weighted by Gasteiger charge is 2.12. The fourth-order valence-corrected chi connectivity index (χ4v) is 4.57. The number of hydrogen-bond acceptors (Lipinski definition) is 6. The van der Waals surface area contributed by atoms with Crippen molar-refractivity contribution in [3.05, 3.63) is 48.6 Å². The zero-order valence-corrected chi connectivity index (χ0v) is 28.4. The second-order valence-corrected chi connectivity index (χ2v) is 12.1. The maximum Gasteiger partial charge on any atom is 0.305 e. The molecule has 0 bridgehead atoms. The van der Waals surface area contributed by atoms with Crippen molar-refractivity contribution in [1.82, 2.24) is 0 Å². The first kappa shape index (κ1) is 41.8. The lowest BCUT2D eigenvalue weighted by molar-refractivity contribution is -0.152. The first-order chi connectivity index (χ1) is 21.4. The van der Waals surface area contributed by atoms with Crippen LogP contribution in [-0.4, -0.2) is 47.6 Å². The number of esters is 2. The van der Waals surface area contributed by atoms with Gasteiger partial charge in [-0.2, -0.15) is 0 Å². The molecule has 0 amide bonds.